The Morgan fingerprint density at radius 3 is 2.82 bits per heavy atom. The molecule has 0 spiro atoms. The second-order valence-electron chi connectivity index (χ2n) is 2.91. The summed E-state index contributed by atoms with van der Waals surface area (Å²) >= 11 is 0. The second-order valence-corrected chi connectivity index (χ2v) is 2.91. The molecule has 0 bridgehead atoms. The van der Waals surface area contributed by atoms with Crippen LogP contribution in [0, 0.1) is 0 Å². The Bertz CT molecular complexity index is 126. The van der Waals surface area contributed by atoms with Crippen molar-refractivity contribution in [3.63, 3.8) is 0 Å². The lowest BCUT2D eigenvalue weighted by atomic mass is 10.3. The third kappa shape index (κ3) is 2.71. The molecule has 0 aliphatic carbocycles. The van der Waals surface area contributed by atoms with Crippen molar-refractivity contribution >= 4 is 0 Å². The zero-order valence-corrected chi connectivity index (χ0v) is 6.74. The van der Waals surface area contributed by atoms with Gasteiger partial charge < -0.3 is 0 Å². The number of nitrogens with zero attached hydrogens (tertiary/aromatic N) is 1. The number of hydrogen-bond acceptors (Lipinski definition) is 2. The molecule has 0 aromatic carbocycles. The maximum absolute atomic E-state index is 12.6. The van der Waals surface area contributed by atoms with Crippen molar-refractivity contribution in [2.45, 2.75) is 19.4 Å². The molecule has 0 unspecified atom stereocenters. The smallest absolute Gasteiger partial charge is 0.295 e. The topological polar surface area (TPSA) is 15.3 Å². The van der Waals surface area contributed by atoms with Gasteiger partial charge in [0.1, 0.15) is 0 Å². The maximum Gasteiger partial charge on any atom is 0.315 e. The van der Waals surface area contributed by atoms with E-state index in [4.69, 9.17) is 0 Å². The molecule has 1 heterocycles. The lowest BCUT2D eigenvalue weighted by Crippen LogP contribution is -2.55. The molecule has 1 rings (SSSR count). The molecule has 1 N–H and O–H groups in total. The van der Waals surface area contributed by atoms with E-state index >= 15 is 0 Å². The lowest BCUT2D eigenvalue weighted by Gasteiger charge is -2.32. The predicted octanol–water partition coefficient (Wildman–Crippen LogP) is 0.894. The molecule has 1 saturated heterocycles. The summed E-state index contributed by atoms with van der Waals surface area (Å²) in [6.45, 7) is 3.77. The van der Waals surface area contributed by atoms with E-state index in [0.717, 1.165) is 19.5 Å². The zero-order valence-electron chi connectivity index (χ0n) is 6.74. The van der Waals surface area contributed by atoms with Crippen LogP contribution in [0.2, 0.25) is 0 Å². The summed E-state index contributed by atoms with van der Waals surface area (Å²) in [6, 6.07) is -2.67. The lowest BCUT2D eigenvalue weighted by molar-refractivity contribution is -0.0835. The van der Waals surface area contributed by atoms with E-state index in [1.165, 1.54) is 0 Å². The predicted molar refractivity (Wildman–Crippen MR) is 39.7 cm³/mol. The molecule has 11 heavy (non-hydrogen) atoms. The number of piperazine rings is 1. The Hall–Kier alpha value is -0.220. The number of hydrogen-bond donors (Lipinski definition) is 1. The van der Waals surface area contributed by atoms with Crippen LogP contribution < -0.4 is 5.32 Å². The largest absolute Gasteiger partial charge is 0.315 e. The second kappa shape index (κ2) is 3.45. The van der Waals surface area contributed by atoms with Crippen molar-refractivity contribution in [3.05, 3.63) is 0 Å². The van der Waals surface area contributed by atoms with Gasteiger partial charge in [-0.3, -0.25) is 10.2 Å². The first kappa shape index (κ1) is 8.87. The average Bonchev–Trinajstić information content (AvgIpc) is 1.85. The van der Waals surface area contributed by atoms with Crippen molar-refractivity contribution in [3.8, 4) is 0 Å². The molecule has 0 amide bonds. The van der Waals surface area contributed by atoms with Gasteiger partial charge in [-0.2, -0.15) is 8.78 Å². The molecule has 1 aliphatic heterocycles. The molecule has 0 aromatic heterocycles. The van der Waals surface area contributed by atoms with Gasteiger partial charge in [0.05, 0.1) is 6.54 Å². The van der Waals surface area contributed by atoms with Gasteiger partial charge in [0.2, 0.25) is 0 Å². The minimum absolute atomic E-state index is 0.138. The van der Waals surface area contributed by atoms with Crippen molar-refractivity contribution in [2.24, 2.45) is 0 Å². The first-order chi connectivity index (χ1) is 5.14. The van der Waals surface area contributed by atoms with Crippen molar-refractivity contribution in [1.82, 2.24) is 10.2 Å². The highest BCUT2D eigenvalue weighted by atomic mass is 19.3. The Morgan fingerprint density at radius 1 is 1.55 bits per heavy atom. The Labute approximate surface area is 65.6 Å². The number of rotatable bonds is 2. The third-order valence-electron chi connectivity index (χ3n) is 1.77. The summed E-state index contributed by atoms with van der Waals surface area (Å²) in [7, 11) is 0. The van der Waals surface area contributed by atoms with E-state index < -0.39 is 6.05 Å². The standard InChI is InChI=1S/C7H14F2N2/c1-2-4-11-5-3-10-7(8,9)6-11/h10H,2-6H2,1H3. The number of halogens is 2. The van der Waals surface area contributed by atoms with E-state index in [9.17, 15) is 8.78 Å². The summed E-state index contributed by atoms with van der Waals surface area (Å²) in [6.07, 6.45) is 0.941. The minimum atomic E-state index is -2.67. The third-order valence-corrected chi connectivity index (χ3v) is 1.77. The quantitative estimate of drug-likeness (QED) is 0.610. The van der Waals surface area contributed by atoms with Crippen LogP contribution in [-0.4, -0.2) is 37.1 Å². The van der Waals surface area contributed by atoms with E-state index in [0.29, 0.717) is 6.54 Å². The monoisotopic (exact) mass is 164 g/mol. The fourth-order valence-electron chi connectivity index (χ4n) is 1.32. The van der Waals surface area contributed by atoms with Crippen LogP contribution in [-0.2, 0) is 0 Å². The highest BCUT2D eigenvalue weighted by Gasteiger charge is 2.33. The number of nitrogens with one attached hydrogen (secondary N) is 1. The first-order valence-electron chi connectivity index (χ1n) is 3.99. The minimum Gasteiger partial charge on any atom is -0.295 e. The fourth-order valence-corrected chi connectivity index (χ4v) is 1.32. The summed E-state index contributed by atoms with van der Waals surface area (Å²) in [5.74, 6) is 0. The van der Waals surface area contributed by atoms with Gasteiger partial charge >= 0.3 is 6.05 Å². The Kier molecular flexibility index (Phi) is 2.78. The SMILES string of the molecule is CCCN1CCNC(F)(F)C1. The molecular formula is C7H14F2N2. The van der Waals surface area contributed by atoms with Crippen LogP contribution in [0.5, 0.6) is 0 Å². The van der Waals surface area contributed by atoms with Crippen LogP contribution in [0.4, 0.5) is 8.78 Å². The van der Waals surface area contributed by atoms with Crippen LogP contribution in [0.3, 0.4) is 0 Å². The summed E-state index contributed by atoms with van der Waals surface area (Å²) < 4.78 is 25.3. The van der Waals surface area contributed by atoms with Gasteiger partial charge in [0, 0.05) is 13.1 Å². The van der Waals surface area contributed by atoms with Crippen LogP contribution in [0.25, 0.3) is 0 Å². The summed E-state index contributed by atoms with van der Waals surface area (Å²) in [5, 5.41) is 2.17. The van der Waals surface area contributed by atoms with Gasteiger partial charge in [0.15, 0.2) is 0 Å². The summed E-state index contributed by atoms with van der Waals surface area (Å²) in [4.78, 5) is 1.79. The molecule has 4 heteroatoms. The summed E-state index contributed by atoms with van der Waals surface area (Å²) in [5.41, 5.74) is 0. The van der Waals surface area contributed by atoms with E-state index in [2.05, 4.69) is 5.32 Å². The maximum atomic E-state index is 12.6. The normalized spacial score (nSPS) is 25.4. The Morgan fingerprint density at radius 2 is 2.27 bits per heavy atom. The van der Waals surface area contributed by atoms with Crippen LogP contribution in [0.1, 0.15) is 13.3 Å². The molecule has 66 valence electrons. The van der Waals surface area contributed by atoms with Gasteiger partial charge in [0.25, 0.3) is 0 Å². The molecule has 0 atom stereocenters. The average molecular weight is 164 g/mol. The molecule has 2 nitrogen and oxygen atoms in total. The highest BCUT2D eigenvalue weighted by Crippen LogP contribution is 2.14. The van der Waals surface area contributed by atoms with E-state index in [1.54, 1.807) is 4.90 Å². The first-order valence-corrected chi connectivity index (χ1v) is 3.99. The fraction of sp³-hybridized carbons (Fsp3) is 1.00. The highest BCUT2D eigenvalue weighted by molar-refractivity contribution is 4.76. The van der Waals surface area contributed by atoms with Crippen molar-refractivity contribution in [2.75, 3.05) is 26.2 Å². The van der Waals surface area contributed by atoms with Crippen molar-refractivity contribution < 1.29 is 8.78 Å². The van der Waals surface area contributed by atoms with Crippen LogP contribution in [0.15, 0.2) is 0 Å². The molecule has 1 aliphatic rings. The molecule has 1 fully saturated rings. The molecule has 0 aromatic rings. The van der Waals surface area contributed by atoms with Crippen molar-refractivity contribution in [1.29, 1.82) is 0 Å². The Balaban J connectivity index is 2.34. The zero-order chi connectivity index (χ0) is 8.32. The molecule has 0 radical (unpaired) electrons. The van der Waals surface area contributed by atoms with Gasteiger partial charge in [-0.1, -0.05) is 6.92 Å². The van der Waals surface area contributed by atoms with E-state index in [1.807, 2.05) is 6.92 Å². The van der Waals surface area contributed by atoms with E-state index in [-0.39, 0.29) is 6.54 Å². The number of alkyl halides is 2. The van der Waals surface area contributed by atoms with Crippen LogP contribution >= 0.6 is 0 Å². The van der Waals surface area contributed by atoms with Gasteiger partial charge in [-0.05, 0) is 13.0 Å². The molecular weight excluding hydrogens is 150 g/mol. The van der Waals surface area contributed by atoms with Gasteiger partial charge in [-0.15, -0.1) is 0 Å². The van der Waals surface area contributed by atoms with Gasteiger partial charge in [-0.25, -0.2) is 0 Å². The molecule has 0 saturated carbocycles.